The molecule has 0 aromatic carbocycles. The van der Waals surface area contributed by atoms with Crippen molar-refractivity contribution in [2.24, 2.45) is 0 Å². The largest absolute Gasteiger partial charge is 0.476 e. The maximum absolute atomic E-state index is 14.2. The number of nitrogens with one attached hydrogen (secondary N) is 2. The summed E-state index contributed by atoms with van der Waals surface area (Å²) < 4.78 is 14.2. The quantitative estimate of drug-likeness (QED) is 0.612. The molecule has 0 amide bonds. The predicted octanol–water partition coefficient (Wildman–Crippen LogP) is 2.63. The third kappa shape index (κ3) is 3.23. The minimum absolute atomic E-state index is 0.0849. The SMILES string of the molecule is O=C(O)c1c[nH]c(-c2ccc(NCC3(c4ncccc4F)CCC3)nn2)n1. The lowest BCUT2D eigenvalue weighted by Crippen LogP contribution is -2.42. The van der Waals surface area contributed by atoms with Crippen LogP contribution in [0.2, 0.25) is 0 Å². The Balaban J connectivity index is 1.47. The molecular weight excluding hydrogens is 351 g/mol. The van der Waals surface area contributed by atoms with Gasteiger partial charge in [0.1, 0.15) is 17.3 Å². The van der Waals surface area contributed by atoms with Gasteiger partial charge in [-0.2, -0.15) is 0 Å². The maximum atomic E-state index is 14.2. The number of aromatic amines is 1. The summed E-state index contributed by atoms with van der Waals surface area (Å²) in [6, 6.07) is 6.44. The normalized spacial score (nSPS) is 15.1. The van der Waals surface area contributed by atoms with Crippen LogP contribution in [0, 0.1) is 5.82 Å². The average molecular weight is 368 g/mol. The van der Waals surface area contributed by atoms with Crippen LogP contribution >= 0.6 is 0 Å². The third-order valence-electron chi connectivity index (χ3n) is 4.88. The molecule has 0 bridgehead atoms. The molecule has 0 saturated heterocycles. The summed E-state index contributed by atoms with van der Waals surface area (Å²) in [4.78, 5) is 21.8. The van der Waals surface area contributed by atoms with Gasteiger partial charge >= 0.3 is 5.97 Å². The van der Waals surface area contributed by atoms with Crippen LogP contribution in [0.3, 0.4) is 0 Å². The lowest BCUT2D eigenvalue weighted by molar-refractivity contribution is 0.0691. The molecule has 0 unspecified atom stereocenters. The predicted molar refractivity (Wildman–Crippen MR) is 94.8 cm³/mol. The number of hydrogen-bond acceptors (Lipinski definition) is 6. The van der Waals surface area contributed by atoms with Crippen molar-refractivity contribution in [1.82, 2.24) is 25.1 Å². The highest BCUT2D eigenvalue weighted by molar-refractivity contribution is 5.85. The first-order valence-corrected chi connectivity index (χ1v) is 8.55. The van der Waals surface area contributed by atoms with E-state index in [0.29, 0.717) is 29.6 Å². The number of halogens is 1. The molecule has 0 aliphatic heterocycles. The number of nitrogens with zero attached hydrogens (tertiary/aromatic N) is 4. The molecule has 1 fully saturated rings. The van der Waals surface area contributed by atoms with Gasteiger partial charge in [0, 0.05) is 24.4 Å². The van der Waals surface area contributed by atoms with Crippen molar-refractivity contribution < 1.29 is 14.3 Å². The van der Waals surface area contributed by atoms with E-state index in [4.69, 9.17) is 5.11 Å². The van der Waals surface area contributed by atoms with Crippen LogP contribution in [0.1, 0.15) is 35.4 Å². The molecule has 0 spiro atoms. The van der Waals surface area contributed by atoms with E-state index in [9.17, 15) is 9.18 Å². The van der Waals surface area contributed by atoms with E-state index >= 15 is 0 Å². The van der Waals surface area contributed by atoms with E-state index in [1.54, 1.807) is 24.4 Å². The van der Waals surface area contributed by atoms with Crippen molar-refractivity contribution in [3.05, 3.63) is 53.9 Å². The summed E-state index contributed by atoms with van der Waals surface area (Å²) in [6.07, 6.45) is 5.68. The average Bonchev–Trinajstić information content (AvgIpc) is 3.13. The first kappa shape index (κ1) is 17.1. The molecule has 1 aliphatic rings. The Morgan fingerprint density at radius 1 is 1.30 bits per heavy atom. The summed E-state index contributed by atoms with van der Waals surface area (Å²) >= 11 is 0. The molecule has 3 aromatic heterocycles. The van der Waals surface area contributed by atoms with E-state index in [1.807, 2.05) is 0 Å². The van der Waals surface area contributed by atoms with Gasteiger partial charge in [-0.15, -0.1) is 10.2 Å². The van der Waals surface area contributed by atoms with E-state index in [0.717, 1.165) is 19.3 Å². The second-order valence-corrected chi connectivity index (χ2v) is 6.56. The number of imidazole rings is 1. The second kappa shape index (κ2) is 6.75. The molecule has 3 heterocycles. The third-order valence-corrected chi connectivity index (χ3v) is 4.88. The van der Waals surface area contributed by atoms with Crippen molar-refractivity contribution in [3.63, 3.8) is 0 Å². The summed E-state index contributed by atoms with van der Waals surface area (Å²) in [5, 5.41) is 20.3. The van der Waals surface area contributed by atoms with Gasteiger partial charge in [-0.1, -0.05) is 6.42 Å². The zero-order valence-corrected chi connectivity index (χ0v) is 14.3. The standard InChI is InChI=1S/C18H17FN6O2/c19-11-3-1-8-20-15(11)18(6-2-7-18)10-22-14-5-4-12(24-25-14)16-21-9-13(23-16)17(26)27/h1,3-5,8-9H,2,6-7,10H2,(H,21,23)(H,22,25)(H,26,27). The summed E-state index contributed by atoms with van der Waals surface area (Å²) in [7, 11) is 0. The number of pyridine rings is 1. The Hall–Kier alpha value is -3.36. The number of carboxylic acids is 1. The highest BCUT2D eigenvalue weighted by Crippen LogP contribution is 2.43. The smallest absolute Gasteiger partial charge is 0.356 e. The zero-order chi connectivity index (χ0) is 18.9. The van der Waals surface area contributed by atoms with Gasteiger partial charge in [-0.25, -0.2) is 14.2 Å². The maximum Gasteiger partial charge on any atom is 0.356 e. The van der Waals surface area contributed by atoms with Gasteiger partial charge in [-0.3, -0.25) is 4.98 Å². The summed E-state index contributed by atoms with van der Waals surface area (Å²) in [5.74, 6) is -0.521. The minimum Gasteiger partial charge on any atom is -0.476 e. The number of rotatable bonds is 6. The van der Waals surface area contributed by atoms with Gasteiger partial charge in [0.05, 0.1) is 5.69 Å². The van der Waals surface area contributed by atoms with Crippen LogP contribution in [-0.2, 0) is 5.41 Å². The second-order valence-electron chi connectivity index (χ2n) is 6.56. The molecule has 0 atom stereocenters. The van der Waals surface area contributed by atoms with E-state index in [1.165, 1.54) is 12.3 Å². The highest BCUT2D eigenvalue weighted by atomic mass is 19.1. The number of carbonyl (C=O) groups is 1. The molecular formula is C18H17FN6O2. The molecule has 27 heavy (non-hydrogen) atoms. The Morgan fingerprint density at radius 3 is 2.74 bits per heavy atom. The van der Waals surface area contributed by atoms with Gasteiger partial charge in [0.25, 0.3) is 0 Å². The molecule has 138 valence electrons. The Kier molecular flexibility index (Phi) is 4.27. The lowest BCUT2D eigenvalue weighted by atomic mass is 9.66. The molecule has 3 N–H and O–H groups in total. The van der Waals surface area contributed by atoms with Crippen molar-refractivity contribution in [3.8, 4) is 11.5 Å². The number of carboxylic acid groups (broad SMARTS) is 1. The fourth-order valence-corrected chi connectivity index (χ4v) is 3.25. The number of aromatic carboxylic acids is 1. The van der Waals surface area contributed by atoms with Crippen LogP contribution in [-0.4, -0.2) is 42.8 Å². The van der Waals surface area contributed by atoms with E-state index in [2.05, 4.69) is 30.5 Å². The molecule has 8 nitrogen and oxygen atoms in total. The zero-order valence-electron chi connectivity index (χ0n) is 14.3. The minimum atomic E-state index is -1.11. The van der Waals surface area contributed by atoms with Crippen molar-refractivity contribution >= 4 is 11.8 Å². The lowest BCUT2D eigenvalue weighted by Gasteiger charge is -2.41. The number of aromatic nitrogens is 5. The number of H-pyrrole nitrogens is 1. The first-order chi connectivity index (χ1) is 13.1. The highest BCUT2D eigenvalue weighted by Gasteiger charge is 2.41. The Bertz CT molecular complexity index is 968. The van der Waals surface area contributed by atoms with Crippen molar-refractivity contribution in [1.29, 1.82) is 0 Å². The molecule has 1 aliphatic carbocycles. The van der Waals surface area contributed by atoms with Crippen LogP contribution in [0.5, 0.6) is 0 Å². The van der Waals surface area contributed by atoms with Crippen LogP contribution in [0.4, 0.5) is 10.2 Å². The number of hydrogen-bond donors (Lipinski definition) is 3. The molecule has 1 saturated carbocycles. The van der Waals surface area contributed by atoms with Crippen LogP contribution in [0.25, 0.3) is 11.5 Å². The number of anilines is 1. The van der Waals surface area contributed by atoms with E-state index < -0.39 is 5.97 Å². The fourth-order valence-electron chi connectivity index (χ4n) is 3.25. The topological polar surface area (TPSA) is 117 Å². The first-order valence-electron chi connectivity index (χ1n) is 8.55. The fraction of sp³-hybridized carbons (Fsp3) is 0.278. The van der Waals surface area contributed by atoms with E-state index in [-0.39, 0.29) is 16.9 Å². The molecule has 3 aromatic rings. The molecule has 9 heteroatoms. The molecule has 0 radical (unpaired) electrons. The van der Waals surface area contributed by atoms with Gasteiger partial charge in [0.2, 0.25) is 0 Å². The van der Waals surface area contributed by atoms with Crippen molar-refractivity contribution in [2.75, 3.05) is 11.9 Å². The monoisotopic (exact) mass is 368 g/mol. The van der Waals surface area contributed by atoms with Crippen LogP contribution < -0.4 is 5.32 Å². The van der Waals surface area contributed by atoms with Crippen LogP contribution in [0.15, 0.2) is 36.7 Å². The van der Waals surface area contributed by atoms with Gasteiger partial charge in [0.15, 0.2) is 11.5 Å². The van der Waals surface area contributed by atoms with Gasteiger partial charge in [-0.05, 0) is 37.1 Å². The molecule has 4 rings (SSSR count). The summed E-state index contributed by atoms with van der Waals surface area (Å²) in [5.41, 5.74) is 0.508. The Morgan fingerprint density at radius 2 is 2.15 bits per heavy atom. The Labute approximate surface area is 153 Å². The van der Waals surface area contributed by atoms with Crippen molar-refractivity contribution in [2.45, 2.75) is 24.7 Å². The van der Waals surface area contributed by atoms with Gasteiger partial charge < -0.3 is 15.4 Å². The summed E-state index contributed by atoms with van der Waals surface area (Å²) in [6.45, 7) is 0.513.